The average Bonchev–Trinajstić information content (AvgIpc) is 2.45. The number of aliphatic hydroxyl groups is 2. The van der Waals surface area contributed by atoms with Crippen molar-refractivity contribution in [2.45, 2.75) is 90.0 Å². The highest BCUT2D eigenvalue weighted by Gasteiger charge is 2.16. The van der Waals surface area contributed by atoms with Gasteiger partial charge in [-0.15, -0.1) is 0 Å². The standard InChI is InChI=1S/C17H37NO2/c1-2-3-4-5-6-7-8-9-10-11-17(18)16(12-14-19)13-15-20/h16-17,19-20H,2-15,18H2,1H3. The lowest BCUT2D eigenvalue weighted by Crippen LogP contribution is -2.31. The first-order valence-electron chi connectivity index (χ1n) is 8.73. The molecule has 0 rings (SSSR count). The van der Waals surface area contributed by atoms with Crippen LogP contribution in [0.5, 0.6) is 0 Å². The summed E-state index contributed by atoms with van der Waals surface area (Å²) in [6.45, 7) is 2.61. The molecule has 0 spiro atoms. The Labute approximate surface area is 126 Å². The van der Waals surface area contributed by atoms with Crippen LogP contribution in [0.2, 0.25) is 0 Å². The maximum atomic E-state index is 9.01. The maximum absolute atomic E-state index is 9.01. The number of nitrogens with two attached hydrogens (primary N) is 1. The van der Waals surface area contributed by atoms with E-state index in [-0.39, 0.29) is 25.2 Å². The van der Waals surface area contributed by atoms with Crippen LogP contribution >= 0.6 is 0 Å². The molecule has 0 aliphatic heterocycles. The molecule has 0 aromatic heterocycles. The lowest BCUT2D eigenvalue weighted by molar-refractivity contribution is 0.195. The molecular formula is C17H37NO2. The Kier molecular flexibility index (Phi) is 15.2. The molecule has 4 N–H and O–H groups in total. The zero-order chi connectivity index (χ0) is 15.1. The first-order valence-corrected chi connectivity index (χ1v) is 8.73. The molecule has 0 amide bonds. The van der Waals surface area contributed by atoms with Gasteiger partial charge < -0.3 is 15.9 Å². The number of hydrogen-bond acceptors (Lipinski definition) is 3. The van der Waals surface area contributed by atoms with Crippen LogP contribution in [0, 0.1) is 5.92 Å². The molecule has 0 bridgehead atoms. The predicted octanol–water partition coefficient (Wildman–Crippen LogP) is 3.62. The summed E-state index contributed by atoms with van der Waals surface area (Å²) >= 11 is 0. The molecule has 3 nitrogen and oxygen atoms in total. The van der Waals surface area contributed by atoms with Gasteiger partial charge in [-0.05, 0) is 25.2 Å². The van der Waals surface area contributed by atoms with Crippen LogP contribution in [0.3, 0.4) is 0 Å². The Morgan fingerprint density at radius 2 is 1.15 bits per heavy atom. The molecule has 1 atom stereocenters. The van der Waals surface area contributed by atoms with Crippen LogP contribution < -0.4 is 5.73 Å². The lowest BCUT2D eigenvalue weighted by Gasteiger charge is -2.22. The molecule has 0 radical (unpaired) electrons. The summed E-state index contributed by atoms with van der Waals surface area (Å²) in [6, 6.07) is 0.138. The molecule has 0 aromatic rings. The lowest BCUT2D eigenvalue weighted by atomic mass is 9.90. The van der Waals surface area contributed by atoms with Crippen molar-refractivity contribution in [2.75, 3.05) is 13.2 Å². The number of rotatable bonds is 15. The zero-order valence-electron chi connectivity index (χ0n) is 13.5. The van der Waals surface area contributed by atoms with E-state index in [1.807, 2.05) is 0 Å². The second-order valence-corrected chi connectivity index (χ2v) is 6.07. The molecule has 0 saturated carbocycles. The van der Waals surface area contributed by atoms with Crippen LogP contribution in [0.25, 0.3) is 0 Å². The van der Waals surface area contributed by atoms with Gasteiger partial charge in [-0.1, -0.05) is 64.7 Å². The summed E-state index contributed by atoms with van der Waals surface area (Å²) in [4.78, 5) is 0. The van der Waals surface area contributed by atoms with Crippen molar-refractivity contribution in [3.05, 3.63) is 0 Å². The third-order valence-electron chi connectivity index (χ3n) is 4.25. The van der Waals surface area contributed by atoms with Crippen molar-refractivity contribution < 1.29 is 10.2 Å². The topological polar surface area (TPSA) is 66.5 Å². The van der Waals surface area contributed by atoms with Gasteiger partial charge in [-0.25, -0.2) is 0 Å². The van der Waals surface area contributed by atoms with Crippen molar-refractivity contribution in [1.82, 2.24) is 0 Å². The van der Waals surface area contributed by atoms with Crippen LogP contribution in [-0.4, -0.2) is 29.5 Å². The normalized spacial score (nSPS) is 13.1. The van der Waals surface area contributed by atoms with Crippen LogP contribution in [-0.2, 0) is 0 Å². The second-order valence-electron chi connectivity index (χ2n) is 6.07. The molecular weight excluding hydrogens is 250 g/mol. The average molecular weight is 287 g/mol. The first kappa shape index (κ1) is 19.9. The van der Waals surface area contributed by atoms with Gasteiger partial charge in [0, 0.05) is 19.3 Å². The summed E-state index contributed by atoms with van der Waals surface area (Å²) in [5, 5.41) is 18.0. The van der Waals surface area contributed by atoms with Crippen LogP contribution in [0.1, 0.15) is 84.0 Å². The van der Waals surface area contributed by atoms with Gasteiger partial charge in [0.25, 0.3) is 0 Å². The van der Waals surface area contributed by atoms with Gasteiger partial charge in [-0.3, -0.25) is 0 Å². The van der Waals surface area contributed by atoms with Gasteiger partial charge in [0.05, 0.1) is 0 Å². The Bertz CT molecular complexity index is 182. The molecule has 0 fully saturated rings. The number of unbranched alkanes of at least 4 members (excludes halogenated alkanes) is 8. The minimum atomic E-state index is 0.138. The van der Waals surface area contributed by atoms with E-state index in [1.165, 1.54) is 57.8 Å². The quantitative estimate of drug-likeness (QED) is 0.403. The Morgan fingerprint density at radius 1 is 0.700 bits per heavy atom. The van der Waals surface area contributed by atoms with Crippen molar-refractivity contribution in [2.24, 2.45) is 11.7 Å². The second kappa shape index (κ2) is 15.3. The van der Waals surface area contributed by atoms with Gasteiger partial charge in [0.2, 0.25) is 0 Å². The zero-order valence-corrected chi connectivity index (χ0v) is 13.5. The SMILES string of the molecule is CCCCCCCCCCCC(N)C(CCO)CCO. The fraction of sp³-hybridized carbons (Fsp3) is 1.00. The summed E-state index contributed by atoms with van der Waals surface area (Å²) in [5.41, 5.74) is 6.16. The molecule has 0 aliphatic carbocycles. The molecule has 122 valence electrons. The van der Waals surface area contributed by atoms with Gasteiger partial charge >= 0.3 is 0 Å². The van der Waals surface area contributed by atoms with E-state index in [0.717, 1.165) is 19.3 Å². The predicted molar refractivity (Wildman–Crippen MR) is 86.7 cm³/mol. The number of aliphatic hydroxyl groups excluding tert-OH is 2. The van der Waals surface area contributed by atoms with Crippen LogP contribution in [0.4, 0.5) is 0 Å². The summed E-state index contributed by atoms with van der Waals surface area (Å²) in [6.07, 6.45) is 14.5. The minimum absolute atomic E-state index is 0.138. The third kappa shape index (κ3) is 11.7. The van der Waals surface area contributed by atoms with Crippen molar-refractivity contribution in [3.63, 3.8) is 0 Å². The van der Waals surface area contributed by atoms with E-state index < -0.39 is 0 Å². The highest BCUT2D eigenvalue weighted by Crippen LogP contribution is 2.17. The van der Waals surface area contributed by atoms with Crippen molar-refractivity contribution in [3.8, 4) is 0 Å². The molecule has 20 heavy (non-hydrogen) atoms. The van der Waals surface area contributed by atoms with Gasteiger partial charge in [0.1, 0.15) is 0 Å². The molecule has 0 aliphatic rings. The smallest absolute Gasteiger partial charge is 0.0434 e. The van der Waals surface area contributed by atoms with E-state index in [1.54, 1.807) is 0 Å². The first-order chi connectivity index (χ1) is 9.76. The third-order valence-corrected chi connectivity index (χ3v) is 4.25. The maximum Gasteiger partial charge on any atom is 0.0434 e. The summed E-state index contributed by atoms with van der Waals surface area (Å²) < 4.78 is 0. The molecule has 0 aromatic carbocycles. The Hall–Kier alpha value is -0.120. The van der Waals surface area contributed by atoms with E-state index >= 15 is 0 Å². The summed E-state index contributed by atoms with van der Waals surface area (Å²) in [7, 11) is 0. The fourth-order valence-corrected chi connectivity index (χ4v) is 2.83. The number of hydrogen-bond donors (Lipinski definition) is 3. The molecule has 3 heteroatoms. The molecule has 0 saturated heterocycles. The minimum Gasteiger partial charge on any atom is -0.396 e. The fourth-order valence-electron chi connectivity index (χ4n) is 2.83. The Balaban J connectivity index is 3.43. The summed E-state index contributed by atoms with van der Waals surface area (Å²) in [5.74, 6) is 0.277. The van der Waals surface area contributed by atoms with E-state index in [0.29, 0.717) is 0 Å². The molecule has 1 unspecified atom stereocenters. The largest absolute Gasteiger partial charge is 0.396 e. The van der Waals surface area contributed by atoms with E-state index in [2.05, 4.69) is 6.92 Å². The Morgan fingerprint density at radius 3 is 1.60 bits per heavy atom. The molecule has 0 heterocycles. The van der Waals surface area contributed by atoms with Crippen molar-refractivity contribution in [1.29, 1.82) is 0 Å². The monoisotopic (exact) mass is 287 g/mol. The highest BCUT2D eigenvalue weighted by atomic mass is 16.3. The van der Waals surface area contributed by atoms with E-state index in [4.69, 9.17) is 15.9 Å². The van der Waals surface area contributed by atoms with Crippen molar-refractivity contribution >= 4 is 0 Å². The van der Waals surface area contributed by atoms with E-state index in [9.17, 15) is 0 Å². The van der Waals surface area contributed by atoms with Gasteiger partial charge in [-0.2, -0.15) is 0 Å². The highest BCUT2D eigenvalue weighted by molar-refractivity contribution is 4.72. The van der Waals surface area contributed by atoms with Crippen LogP contribution in [0.15, 0.2) is 0 Å². The van der Waals surface area contributed by atoms with Gasteiger partial charge in [0.15, 0.2) is 0 Å².